The molecule has 4 heterocycles. The SMILES string of the molecule is O=C(Nc1ccnc(C(F)(F)F)c1)Nc1c[n+](Cc2ccc(-c3cncnc3C(F)(F)F)cn2)no1. The van der Waals surface area contributed by atoms with E-state index in [4.69, 9.17) is 4.52 Å². The Morgan fingerprint density at radius 1 is 0.972 bits per heavy atom. The maximum Gasteiger partial charge on any atom is 0.434 e. The van der Waals surface area contributed by atoms with E-state index in [2.05, 4.69) is 35.8 Å². The van der Waals surface area contributed by atoms with Crippen LogP contribution in [0.5, 0.6) is 0 Å². The molecule has 4 rings (SSSR count). The average molecular weight is 511 g/mol. The second-order valence-electron chi connectivity index (χ2n) is 7.09. The van der Waals surface area contributed by atoms with Crippen LogP contribution >= 0.6 is 0 Å². The highest BCUT2D eigenvalue weighted by Gasteiger charge is 2.36. The van der Waals surface area contributed by atoms with Crippen LogP contribution in [0.1, 0.15) is 17.1 Å². The first-order valence-electron chi connectivity index (χ1n) is 9.79. The molecule has 0 unspecified atom stereocenters. The Morgan fingerprint density at radius 2 is 1.78 bits per heavy atom. The summed E-state index contributed by atoms with van der Waals surface area (Å²) in [6.45, 7) is 0.0315. The van der Waals surface area contributed by atoms with Gasteiger partial charge in [-0.3, -0.25) is 19.8 Å². The zero-order valence-electron chi connectivity index (χ0n) is 17.7. The number of pyridine rings is 2. The number of urea groups is 1. The molecule has 0 atom stereocenters. The lowest BCUT2D eigenvalue weighted by Gasteiger charge is -2.10. The maximum absolute atomic E-state index is 13.2. The lowest BCUT2D eigenvalue weighted by molar-refractivity contribution is -0.755. The lowest BCUT2D eigenvalue weighted by Crippen LogP contribution is -2.35. The smallest absolute Gasteiger partial charge is 0.308 e. The van der Waals surface area contributed by atoms with Crippen LogP contribution in [-0.2, 0) is 18.9 Å². The number of anilines is 2. The van der Waals surface area contributed by atoms with Gasteiger partial charge in [0.25, 0.3) is 6.20 Å². The van der Waals surface area contributed by atoms with Crippen molar-refractivity contribution in [1.82, 2.24) is 25.2 Å². The molecular weight excluding hydrogens is 498 g/mol. The Kier molecular flexibility index (Phi) is 6.50. The van der Waals surface area contributed by atoms with Gasteiger partial charge in [0.1, 0.15) is 17.7 Å². The first-order valence-corrected chi connectivity index (χ1v) is 9.79. The van der Waals surface area contributed by atoms with E-state index in [0.29, 0.717) is 11.8 Å². The standard InChI is InChI=1S/C20H12F6N8O2/c21-19(22,23)15-5-12(3-4-28-15)31-18(35)32-16-9-34(33-36-16)8-13-2-1-11(6-29-13)14-7-27-10-30-17(14)20(24,25)26/h1-7,9-10H,8H2,(H-,28,31,32,33,35)/p+1. The molecule has 0 aliphatic carbocycles. The number of hydrogen-bond acceptors (Lipinski definition) is 7. The van der Waals surface area contributed by atoms with E-state index in [1.54, 1.807) is 0 Å². The molecule has 0 aliphatic heterocycles. The highest BCUT2D eigenvalue weighted by molar-refractivity contribution is 5.98. The van der Waals surface area contributed by atoms with E-state index in [9.17, 15) is 31.1 Å². The number of halogens is 6. The monoisotopic (exact) mass is 511 g/mol. The Labute approximate surface area is 197 Å². The molecule has 186 valence electrons. The number of nitrogens with zero attached hydrogens (tertiary/aromatic N) is 6. The molecule has 0 radical (unpaired) electrons. The fourth-order valence-electron chi connectivity index (χ4n) is 2.96. The second-order valence-corrected chi connectivity index (χ2v) is 7.09. The highest BCUT2D eigenvalue weighted by atomic mass is 19.4. The highest BCUT2D eigenvalue weighted by Crippen LogP contribution is 2.34. The fraction of sp³-hybridized carbons (Fsp3) is 0.150. The predicted octanol–water partition coefficient (Wildman–Crippen LogP) is 3.94. The van der Waals surface area contributed by atoms with Crippen molar-refractivity contribution in [2.45, 2.75) is 18.9 Å². The molecule has 0 saturated heterocycles. The van der Waals surface area contributed by atoms with Crippen molar-refractivity contribution in [2.75, 3.05) is 10.6 Å². The Morgan fingerprint density at radius 3 is 2.47 bits per heavy atom. The van der Waals surface area contributed by atoms with Crippen LogP contribution in [0, 0.1) is 0 Å². The van der Waals surface area contributed by atoms with Crippen LogP contribution in [0.25, 0.3) is 11.1 Å². The molecule has 16 heteroatoms. The van der Waals surface area contributed by atoms with Crippen molar-refractivity contribution in [3.8, 4) is 11.1 Å². The van der Waals surface area contributed by atoms with Gasteiger partial charge in [-0.15, -0.1) is 0 Å². The van der Waals surface area contributed by atoms with E-state index in [-0.39, 0.29) is 29.2 Å². The van der Waals surface area contributed by atoms with Crippen molar-refractivity contribution in [3.63, 3.8) is 0 Å². The summed E-state index contributed by atoms with van der Waals surface area (Å²) in [4.78, 5) is 26.3. The molecule has 0 spiro atoms. The van der Waals surface area contributed by atoms with Gasteiger partial charge < -0.3 is 5.32 Å². The van der Waals surface area contributed by atoms with Gasteiger partial charge in [-0.1, -0.05) is 6.07 Å². The summed E-state index contributed by atoms with van der Waals surface area (Å²) in [6, 6.07) is 3.81. The third kappa shape index (κ3) is 5.89. The molecular formula is C20H13F6N8O2+. The number of hydrogen-bond donors (Lipinski definition) is 2. The van der Waals surface area contributed by atoms with Gasteiger partial charge in [0, 0.05) is 35.4 Å². The van der Waals surface area contributed by atoms with Gasteiger partial charge in [-0.2, -0.15) is 26.3 Å². The zero-order valence-corrected chi connectivity index (χ0v) is 17.7. The zero-order chi connectivity index (χ0) is 25.9. The van der Waals surface area contributed by atoms with Crippen molar-refractivity contribution < 1.29 is 40.3 Å². The Bertz CT molecular complexity index is 1370. The van der Waals surface area contributed by atoms with Gasteiger partial charge in [0.05, 0.1) is 0 Å². The van der Waals surface area contributed by atoms with Crippen LogP contribution in [-0.4, -0.2) is 31.2 Å². The Hall–Kier alpha value is -4.63. The quantitative estimate of drug-likeness (QED) is 0.307. The number of alkyl halides is 6. The van der Waals surface area contributed by atoms with Crippen LogP contribution < -0.4 is 15.3 Å². The normalized spacial score (nSPS) is 11.8. The van der Waals surface area contributed by atoms with Gasteiger partial charge in [-0.05, 0) is 22.9 Å². The minimum Gasteiger partial charge on any atom is -0.308 e. The maximum atomic E-state index is 13.2. The summed E-state index contributed by atoms with van der Waals surface area (Å²) < 4.78 is 83.9. The van der Waals surface area contributed by atoms with Crippen LogP contribution in [0.4, 0.5) is 42.7 Å². The molecule has 0 aliphatic rings. The van der Waals surface area contributed by atoms with E-state index >= 15 is 0 Å². The van der Waals surface area contributed by atoms with Crippen molar-refractivity contribution in [2.24, 2.45) is 0 Å². The number of amides is 2. The number of carbonyl (C=O) groups excluding carboxylic acids is 1. The van der Waals surface area contributed by atoms with Gasteiger partial charge >= 0.3 is 24.3 Å². The summed E-state index contributed by atoms with van der Waals surface area (Å²) in [6.07, 6.45) is -4.10. The molecule has 36 heavy (non-hydrogen) atoms. The summed E-state index contributed by atoms with van der Waals surface area (Å²) in [7, 11) is 0. The number of aromatic nitrogens is 6. The molecule has 2 N–H and O–H groups in total. The van der Waals surface area contributed by atoms with E-state index in [1.807, 2.05) is 0 Å². The van der Waals surface area contributed by atoms with Crippen molar-refractivity contribution >= 4 is 17.6 Å². The van der Waals surface area contributed by atoms with E-state index < -0.39 is 29.8 Å². The van der Waals surface area contributed by atoms with Gasteiger partial charge in [0.15, 0.2) is 5.69 Å². The first-order chi connectivity index (χ1) is 17.0. The Balaban J connectivity index is 1.39. The van der Waals surface area contributed by atoms with Crippen molar-refractivity contribution in [1.29, 1.82) is 0 Å². The van der Waals surface area contributed by atoms with E-state index in [1.165, 1.54) is 35.3 Å². The number of nitrogens with one attached hydrogen (secondary N) is 2. The topological polar surface area (TPSA) is 123 Å². The first kappa shape index (κ1) is 24.5. The minimum absolute atomic E-state index is 0.0315. The third-order valence-corrected chi connectivity index (χ3v) is 4.50. The minimum atomic E-state index is -4.67. The summed E-state index contributed by atoms with van der Waals surface area (Å²) in [5.74, 6) is -0.134. The largest absolute Gasteiger partial charge is 0.434 e. The molecule has 0 saturated carbocycles. The van der Waals surface area contributed by atoms with Crippen LogP contribution in [0.3, 0.4) is 0 Å². The summed E-state index contributed by atoms with van der Waals surface area (Å²) >= 11 is 0. The van der Waals surface area contributed by atoms with Gasteiger partial charge in [0.2, 0.25) is 11.8 Å². The lowest BCUT2D eigenvalue weighted by atomic mass is 10.1. The summed E-state index contributed by atoms with van der Waals surface area (Å²) in [5.41, 5.74) is -2.09. The predicted molar refractivity (Wildman–Crippen MR) is 108 cm³/mol. The van der Waals surface area contributed by atoms with E-state index in [0.717, 1.165) is 18.7 Å². The molecule has 0 aromatic carbocycles. The molecule has 0 bridgehead atoms. The number of rotatable bonds is 5. The van der Waals surface area contributed by atoms with Crippen LogP contribution in [0.15, 0.2) is 59.9 Å². The molecule has 0 fully saturated rings. The molecule has 2 amide bonds. The second kappa shape index (κ2) is 9.55. The third-order valence-electron chi connectivity index (χ3n) is 4.50. The molecule has 10 nitrogen and oxygen atoms in total. The summed E-state index contributed by atoms with van der Waals surface area (Å²) in [5, 5.41) is 8.15. The molecule has 4 aromatic rings. The molecule has 4 aromatic heterocycles. The van der Waals surface area contributed by atoms with Crippen molar-refractivity contribution in [3.05, 3.63) is 72.5 Å². The average Bonchev–Trinajstić information content (AvgIpc) is 3.25. The van der Waals surface area contributed by atoms with Gasteiger partial charge in [-0.25, -0.2) is 14.8 Å². The number of carbonyl (C=O) groups is 1. The fourth-order valence-corrected chi connectivity index (χ4v) is 2.96. The van der Waals surface area contributed by atoms with Crippen LogP contribution in [0.2, 0.25) is 0 Å².